The minimum atomic E-state index is 0. The SMILES string of the molecule is C1=CC2=NC1=CC1=NC(=CC3=NC(=CC4=NC(=C2)C=C4)C=C3c2ccccc2)C=C1.[Cu]. The second-order valence-electron chi connectivity index (χ2n) is 7.31. The van der Waals surface area contributed by atoms with Crippen molar-refractivity contribution < 1.29 is 17.1 Å². The first kappa shape index (κ1) is 19.3. The third-order valence-corrected chi connectivity index (χ3v) is 5.12. The monoisotopic (exact) mass is 447 g/mol. The summed E-state index contributed by atoms with van der Waals surface area (Å²) in [6.45, 7) is 0. The van der Waals surface area contributed by atoms with Crippen LogP contribution in [0.3, 0.4) is 0 Å². The Hall–Kier alpha value is -3.66. The van der Waals surface area contributed by atoms with Gasteiger partial charge in [0.2, 0.25) is 0 Å². The normalized spacial score (nSPS) is 20.1. The number of rotatable bonds is 1. The fourth-order valence-corrected chi connectivity index (χ4v) is 3.75. The molecule has 0 saturated heterocycles. The molecular formula is C26H16CuN4. The molecule has 31 heavy (non-hydrogen) atoms. The Labute approximate surface area is 190 Å². The number of hydrogen-bond donors (Lipinski definition) is 0. The van der Waals surface area contributed by atoms with E-state index in [1.807, 2.05) is 79.0 Å². The van der Waals surface area contributed by atoms with E-state index >= 15 is 0 Å². The molecule has 0 spiro atoms. The summed E-state index contributed by atoms with van der Waals surface area (Å²) in [6.07, 6.45) is 22.1. The van der Waals surface area contributed by atoms with E-state index in [9.17, 15) is 0 Å². The van der Waals surface area contributed by atoms with Gasteiger partial charge in [-0.15, -0.1) is 0 Å². The van der Waals surface area contributed by atoms with Gasteiger partial charge in [0.05, 0.1) is 45.6 Å². The van der Waals surface area contributed by atoms with Crippen LogP contribution in [0, 0.1) is 0 Å². The van der Waals surface area contributed by atoms with E-state index in [2.05, 4.69) is 23.2 Å². The molecule has 5 heterocycles. The van der Waals surface area contributed by atoms with Gasteiger partial charge < -0.3 is 0 Å². The quantitative estimate of drug-likeness (QED) is 0.537. The van der Waals surface area contributed by atoms with E-state index in [1.54, 1.807) is 0 Å². The zero-order valence-corrected chi connectivity index (χ0v) is 17.3. The molecule has 1 radical (unpaired) electrons. The van der Waals surface area contributed by atoms with Crippen LogP contribution in [0.5, 0.6) is 0 Å². The van der Waals surface area contributed by atoms with Gasteiger partial charge in [-0.25, -0.2) is 20.0 Å². The van der Waals surface area contributed by atoms with Crippen LogP contribution in [-0.2, 0) is 17.1 Å². The Morgan fingerprint density at radius 1 is 0.452 bits per heavy atom. The molecule has 0 amide bonds. The minimum absolute atomic E-state index is 0. The van der Waals surface area contributed by atoms with Crippen LogP contribution in [-0.4, -0.2) is 22.8 Å². The molecule has 6 rings (SSSR count). The van der Waals surface area contributed by atoms with Gasteiger partial charge in [0.25, 0.3) is 0 Å². The average Bonchev–Trinajstić information content (AvgIpc) is 3.53. The number of aliphatic imine (C=N–C) groups is 4. The number of hydrogen-bond acceptors (Lipinski definition) is 4. The second kappa shape index (κ2) is 7.88. The minimum Gasteiger partial charge on any atom is -0.249 e. The molecule has 0 saturated carbocycles. The summed E-state index contributed by atoms with van der Waals surface area (Å²) < 4.78 is 0. The van der Waals surface area contributed by atoms with Crippen molar-refractivity contribution in [1.82, 2.24) is 0 Å². The fraction of sp³-hybridized carbons (Fsp3) is 0. The number of nitrogens with zero attached hydrogens (tertiary/aromatic N) is 4. The molecule has 0 aromatic heterocycles. The Bertz CT molecular complexity index is 1350. The van der Waals surface area contributed by atoms with Crippen LogP contribution in [0.25, 0.3) is 5.57 Å². The van der Waals surface area contributed by atoms with Gasteiger partial charge in [-0.3, -0.25) is 0 Å². The summed E-state index contributed by atoms with van der Waals surface area (Å²) in [5, 5.41) is 0. The van der Waals surface area contributed by atoms with Crippen molar-refractivity contribution in [3.05, 3.63) is 126 Å². The van der Waals surface area contributed by atoms with E-state index < -0.39 is 0 Å². The second-order valence-corrected chi connectivity index (χ2v) is 7.31. The van der Waals surface area contributed by atoms with Crippen LogP contribution in [0.1, 0.15) is 5.56 Å². The van der Waals surface area contributed by atoms with E-state index in [0.717, 1.165) is 56.8 Å². The number of allylic oxidation sites excluding steroid dienone is 12. The molecule has 0 N–H and O–H groups in total. The standard InChI is InChI=1S/C26H16N4.Cu/c1-2-4-17(5-3-1)25-15-24-14-22-9-8-20(28-22)12-18-6-7-19(27-18)13-21-10-11-23(29-21)16-26(25)30-24;/h1-16H;. The topological polar surface area (TPSA) is 49.4 Å². The molecular weight excluding hydrogens is 432 g/mol. The first-order chi connectivity index (χ1) is 14.8. The Kier molecular flexibility index (Phi) is 4.91. The van der Waals surface area contributed by atoms with Gasteiger partial charge in [0, 0.05) is 22.6 Å². The molecule has 8 bridgehead atoms. The van der Waals surface area contributed by atoms with Crippen LogP contribution in [0.4, 0.5) is 0 Å². The summed E-state index contributed by atoms with van der Waals surface area (Å²) >= 11 is 0. The van der Waals surface area contributed by atoms with Crippen molar-refractivity contribution >= 4 is 28.4 Å². The number of fused-ring (bicyclic) bond motifs is 4. The van der Waals surface area contributed by atoms with Crippen LogP contribution in [0.2, 0.25) is 0 Å². The molecule has 151 valence electrons. The maximum atomic E-state index is 4.87. The zero-order valence-electron chi connectivity index (χ0n) is 16.3. The molecule has 0 atom stereocenters. The predicted molar refractivity (Wildman–Crippen MR) is 124 cm³/mol. The van der Waals surface area contributed by atoms with Gasteiger partial charge in [0.1, 0.15) is 0 Å². The van der Waals surface area contributed by atoms with Crippen LogP contribution < -0.4 is 0 Å². The van der Waals surface area contributed by atoms with E-state index in [4.69, 9.17) is 15.0 Å². The Morgan fingerprint density at radius 3 is 1.55 bits per heavy atom. The van der Waals surface area contributed by atoms with Crippen LogP contribution in [0.15, 0.2) is 140 Å². The van der Waals surface area contributed by atoms with Crippen molar-refractivity contribution in [2.45, 2.75) is 0 Å². The first-order valence-corrected chi connectivity index (χ1v) is 9.82. The van der Waals surface area contributed by atoms with Gasteiger partial charge in [-0.05, 0) is 72.4 Å². The fourth-order valence-electron chi connectivity index (χ4n) is 3.75. The van der Waals surface area contributed by atoms with Crippen molar-refractivity contribution in [1.29, 1.82) is 0 Å². The van der Waals surface area contributed by atoms with Gasteiger partial charge >= 0.3 is 0 Å². The van der Waals surface area contributed by atoms with E-state index in [0.29, 0.717) is 0 Å². The summed E-state index contributed by atoms with van der Waals surface area (Å²) in [6, 6.07) is 10.3. The maximum absolute atomic E-state index is 4.87. The van der Waals surface area contributed by atoms with Crippen molar-refractivity contribution in [2.24, 2.45) is 20.0 Å². The molecule has 0 fully saturated rings. The third-order valence-electron chi connectivity index (χ3n) is 5.12. The number of benzene rings is 1. The Morgan fingerprint density at radius 2 is 0.968 bits per heavy atom. The molecule has 0 aliphatic carbocycles. The molecule has 5 aliphatic heterocycles. The van der Waals surface area contributed by atoms with Gasteiger partial charge in [-0.1, -0.05) is 30.3 Å². The average molecular weight is 448 g/mol. The Balaban J connectivity index is 0.00000204. The molecule has 0 unspecified atom stereocenters. The molecule has 1 aromatic rings. The largest absolute Gasteiger partial charge is 0.249 e. The smallest absolute Gasteiger partial charge is 0.0737 e. The van der Waals surface area contributed by atoms with Crippen molar-refractivity contribution in [3.63, 3.8) is 0 Å². The summed E-state index contributed by atoms with van der Waals surface area (Å²) in [4.78, 5) is 18.9. The maximum Gasteiger partial charge on any atom is 0.0737 e. The molecule has 4 nitrogen and oxygen atoms in total. The predicted octanol–water partition coefficient (Wildman–Crippen LogP) is 5.10. The van der Waals surface area contributed by atoms with E-state index in [-0.39, 0.29) is 17.1 Å². The van der Waals surface area contributed by atoms with Gasteiger partial charge in [0.15, 0.2) is 0 Å². The molecule has 1 aromatic carbocycles. The summed E-state index contributed by atoms with van der Waals surface area (Å²) in [5.74, 6) is 0. The van der Waals surface area contributed by atoms with Crippen molar-refractivity contribution in [3.8, 4) is 0 Å². The van der Waals surface area contributed by atoms with E-state index in [1.165, 1.54) is 0 Å². The van der Waals surface area contributed by atoms with Crippen molar-refractivity contribution in [2.75, 3.05) is 0 Å². The molecule has 5 heteroatoms. The molecule has 5 aliphatic rings. The van der Waals surface area contributed by atoms with Crippen LogP contribution >= 0.6 is 0 Å². The summed E-state index contributed by atoms with van der Waals surface area (Å²) in [5.41, 5.74) is 9.28. The van der Waals surface area contributed by atoms with Gasteiger partial charge in [-0.2, -0.15) is 0 Å². The first-order valence-electron chi connectivity index (χ1n) is 9.82. The third kappa shape index (κ3) is 3.89. The summed E-state index contributed by atoms with van der Waals surface area (Å²) in [7, 11) is 0. The zero-order chi connectivity index (χ0) is 19.9.